The average Bonchev–Trinajstić information content (AvgIpc) is 2.22. The van der Waals surface area contributed by atoms with Crippen molar-refractivity contribution in [2.45, 2.75) is 39.7 Å². The predicted molar refractivity (Wildman–Crippen MR) is 67.8 cm³/mol. The van der Waals surface area contributed by atoms with Gasteiger partial charge in [-0.15, -0.1) is 0 Å². The molecule has 0 aliphatic carbocycles. The van der Waals surface area contributed by atoms with Gasteiger partial charge in [0.05, 0.1) is 6.61 Å². The summed E-state index contributed by atoms with van der Waals surface area (Å²) in [5.41, 5.74) is 0. The van der Waals surface area contributed by atoms with Crippen LogP contribution in [0.1, 0.15) is 33.6 Å². The quantitative estimate of drug-likeness (QED) is 0.676. The zero-order chi connectivity index (χ0) is 15.1. The van der Waals surface area contributed by atoms with E-state index in [1.165, 1.54) is 0 Å². The number of carbonyl (C=O) groups excluding carboxylic acids is 1. The molecule has 0 aliphatic rings. The highest BCUT2D eigenvalue weighted by molar-refractivity contribution is 7.87. The molecule has 0 spiro atoms. The van der Waals surface area contributed by atoms with Gasteiger partial charge in [-0.2, -0.15) is 12.7 Å². The molecule has 0 unspecified atom stereocenters. The van der Waals surface area contributed by atoms with Gasteiger partial charge in [0.1, 0.15) is 0 Å². The summed E-state index contributed by atoms with van der Waals surface area (Å²) in [7, 11) is -4.03. The molecule has 2 N–H and O–H groups in total. The minimum atomic E-state index is -4.03. The number of carboxylic acids is 1. The van der Waals surface area contributed by atoms with Crippen LogP contribution in [0.3, 0.4) is 0 Å². The first-order valence-electron chi connectivity index (χ1n) is 5.88. The van der Waals surface area contributed by atoms with E-state index in [2.05, 4.69) is 4.74 Å². The first kappa shape index (κ1) is 17.6. The monoisotopic (exact) mass is 296 g/mol. The lowest BCUT2D eigenvalue weighted by Gasteiger charge is -2.25. The lowest BCUT2D eigenvalue weighted by molar-refractivity contribution is -0.137. The van der Waals surface area contributed by atoms with Crippen LogP contribution in [0, 0.1) is 0 Å². The number of hydrogen-bond acceptors (Lipinski definition) is 5. The van der Waals surface area contributed by atoms with Crippen molar-refractivity contribution >= 4 is 22.3 Å². The summed E-state index contributed by atoms with van der Waals surface area (Å²) in [4.78, 5) is 21.5. The largest absolute Gasteiger partial charge is 0.481 e. The van der Waals surface area contributed by atoms with Crippen LogP contribution >= 0.6 is 0 Å². The van der Waals surface area contributed by atoms with Crippen LogP contribution in [0.4, 0.5) is 4.79 Å². The Morgan fingerprint density at radius 1 is 1.37 bits per heavy atom. The number of nitrogens with one attached hydrogen (secondary N) is 1. The van der Waals surface area contributed by atoms with E-state index in [-0.39, 0.29) is 26.0 Å². The Hall–Kier alpha value is -1.35. The van der Waals surface area contributed by atoms with Gasteiger partial charge in [0.15, 0.2) is 0 Å². The second-order valence-corrected chi connectivity index (χ2v) is 5.65. The van der Waals surface area contributed by atoms with Crippen molar-refractivity contribution in [2.75, 3.05) is 13.2 Å². The minimum absolute atomic E-state index is 0.0126. The van der Waals surface area contributed by atoms with Crippen molar-refractivity contribution in [3.63, 3.8) is 0 Å². The van der Waals surface area contributed by atoms with E-state index in [0.717, 1.165) is 4.31 Å². The molecular weight excluding hydrogens is 276 g/mol. The van der Waals surface area contributed by atoms with E-state index >= 15 is 0 Å². The van der Waals surface area contributed by atoms with E-state index < -0.39 is 28.3 Å². The molecule has 0 aromatic carbocycles. The van der Waals surface area contributed by atoms with Crippen LogP contribution in [0.25, 0.3) is 0 Å². The molecule has 112 valence electrons. The minimum Gasteiger partial charge on any atom is -0.481 e. The van der Waals surface area contributed by atoms with Crippen LogP contribution < -0.4 is 4.72 Å². The molecular formula is C10H20N2O6S. The Labute approximate surface area is 112 Å². The summed E-state index contributed by atoms with van der Waals surface area (Å²) in [6.07, 6.45) is -1.03. The van der Waals surface area contributed by atoms with Gasteiger partial charge >= 0.3 is 22.3 Å². The number of aliphatic carboxylic acids is 1. The van der Waals surface area contributed by atoms with E-state index in [1.807, 2.05) is 0 Å². The smallest absolute Gasteiger partial charge is 0.421 e. The van der Waals surface area contributed by atoms with E-state index in [0.29, 0.717) is 0 Å². The summed E-state index contributed by atoms with van der Waals surface area (Å²) < 4.78 is 31.1. The lowest BCUT2D eigenvalue weighted by atomic mass is 10.3. The van der Waals surface area contributed by atoms with Crippen molar-refractivity contribution < 1.29 is 27.9 Å². The zero-order valence-electron chi connectivity index (χ0n) is 11.2. The molecule has 19 heavy (non-hydrogen) atoms. The van der Waals surface area contributed by atoms with Gasteiger partial charge < -0.3 is 9.84 Å². The maximum Gasteiger partial charge on any atom is 0.421 e. The molecule has 0 aromatic heterocycles. The number of rotatable bonds is 8. The van der Waals surface area contributed by atoms with Crippen molar-refractivity contribution in [3.05, 3.63) is 0 Å². The Bertz CT molecular complexity index is 406. The van der Waals surface area contributed by atoms with Gasteiger partial charge in [0.25, 0.3) is 0 Å². The number of hydrogen-bond donors (Lipinski definition) is 2. The third kappa shape index (κ3) is 6.97. The standard InChI is InChI=1S/C10H20N2O6S/c1-4-18-10(15)11-19(16,17)12(8(2)3)7-5-6-9(13)14/h8H,4-7H2,1-3H3,(H,11,15)(H,13,14). The fraction of sp³-hybridized carbons (Fsp3) is 0.800. The molecule has 0 aliphatic heterocycles. The summed E-state index contributed by atoms with van der Waals surface area (Å²) in [5, 5.41) is 8.53. The van der Waals surface area contributed by atoms with Crippen molar-refractivity contribution in [1.29, 1.82) is 0 Å². The summed E-state index contributed by atoms with van der Waals surface area (Å²) in [6.45, 7) is 4.89. The number of ether oxygens (including phenoxy) is 1. The fourth-order valence-electron chi connectivity index (χ4n) is 1.37. The first-order valence-corrected chi connectivity index (χ1v) is 7.32. The molecule has 8 nitrogen and oxygen atoms in total. The second-order valence-electron chi connectivity index (χ2n) is 4.03. The van der Waals surface area contributed by atoms with Crippen LogP contribution in [0.15, 0.2) is 0 Å². The number of carboxylic acid groups (broad SMARTS) is 1. The fourth-order valence-corrected chi connectivity index (χ4v) is 2.68. The molecule has 9 heteroatoms. The highest BCUT2D eigenvalue weighted by atomic mass is 32.2. The molecule has 0 aromatic rings. The Morgan fingerprint density at radius 2 is 1.95 bits per heavy atom. The Morgan fingerprint density at radius 3 is 2.37 bits per heavy atom. The average molecular weight is 296 g/mol. The molecule has 0 atom stereocenters. The normalized spacial score (nSPS) is 11.6. The maximum absolute atomic E-state index is 11.9. The van der Waals surface area contributed by atoms with Crippen LogP contribution in [0.5, 0.6) is 0 Å². The van der Waals surface area contributed by atoms with Crippen LogP contribution in [0.2, 0.25) is 0 Å². The molecule has 1 amide bonds. The predicted octanol–water partition coefficient (Wildman–Crippen LogP) is 0.552. The van der Waals surface area contributed by atoms with Crippen LogP contribution in [-0.2, 0) is 19.7 Å². The summed E-state index contributed by atoms with van der Waals surface area (Å²) in [5.74, 6) is -1.00. The van der Waals surface area contributed by atoms with Gasteiger partial charge in [-0.1, -0.05) is 0 Å². The van der Waals surface area contributed by atoms with Crippen molar-refractivity contribution in [3.8, 4) is 0 Å². The van der Waals surface area contributed by atoms with Gasteiger partial charge in [-0.05, 0) is 27.2 Å². The van der Waals surface area contributed by atoms with Gasteiger partial charge in [-0.25, -0.2) is 9.52 Å². The van der Waals surface area contributed by atoms with E-state index in [4.69, 9.17) is 5.11 Å². The Kier molecular flexibility index (Phi) is 7.38. The second kappa shape index (κ2) is 7.95. The molecule has 0 rings (SSSR count). The molecule has 0 bridgehead atoms. The maximum atomic E-state index is 11.9. The third-order valence-electron chi connectivity index (χ3n) is 2.14. The van der Waals surface area contributed by atoms with Gasteiger partial charge in [0, 0.05) is 19.0 Å². The van der Waals surface area contributed by atoms with Crippen molar-refractivity contribution in [1.82, 2.24) is 9.03 Å². The SMILES string of the molecule is CCOC(=O)NS(=O)(=O)N(CCCC(=O)O)C(C)C. The van der Waals surface area contributed by atoms with Crippen molar-refractivity contribution in [2.24, 2.45) is 0 Å². The lowest BCUT2D eigenvalue weighted by Crippen LogP contribution is -2.47. The highest BCUT2D eigenvalue weighted by Gasteiger charge is 2.27. The van der Waals surface area contributed by atoms with Gasteiger partial charge in [-0.3, -0.25) is 4.79 Å². The van der Waals surface area contributed by atoms with E-state index in [9.17, 15) is 18.0 Å². The van der Waals surface area contributed by atoms with Gasteiger partial charge in [0.2, 0.25) is 0 Å². The molecule has 0 fully saturated rings. The van der Waals surface area contributed by atoms with Crippen LogP contribution in [-0.4, -0.2) is 49.1 Å². The zero-order valence-corrected chi connectivity index (χ0v) is 12.1. The Balaban J connectivity index is 4.67. The van der Waals surface area contributed by atoms with E-state index in [1.54, 1.807) is 25.5 Å². The number of carbonyl (C=O) groups is 2. The summed E-state index contributed by atoms with van der Waals surface area (Å²) >= 11 is 0. The highest BCUT2D eigenvalue weighted by Crippen LogP contribution is 2.07. The molecule has 0 heterocycles. The number of nitrogens with zero attached hydrogens (tertiary/aromatic N) is 1. The number of amides is 1. The first-order chi connectivity index (χ1) is 8.70. The third-order valence-corrected chi connectivity index (χ3v) is 3.79. The molecule has 0 saturated carbocycles. The molecule has 0 radical (unpaired) electrons. The molecule has 0 saturated heterocycles. The summed E-state index contributed by atoms with van der Waals surface area (Å²) in [6, 6.07) is -0.402. The topological polar surface area (TPSA) is 113 Å².